The molecule has 0 radical (unpaired) electrons. The standard InChI is InChI=1S/C20H15FN2O3/c21-17-12-23(20(26)22-19(17)25)13-18(24)16-10-8-15(9-11-16)7-6-14-4-2-1-3-5-14/h1-12H,13H2,(H,22,25,26)/b7-6+. The smallest absolute Gasteiger partial charge is 0.292 e. The third-order valence-electron chi connectivity index (χ3n) is 3.78. The van der Waals surface area contributed by atoms with E-state index in [2.05, 4.69) is 0 Å². The van der Waals surface area contributed by atoms with E-state index in [1.807, 2.05) is 47.5 Å². The van der Waals surface area contributed by atoms with Crippen LogP contribution in [0.3, 0.4) is 0 Å². The van der Waals surface area contributed by atoms with Crippen molar-refractivity contribution in [2.24, 2.45) is 0 Å². The molecule has 5 nitrogen and oxygen atoms in total. The summed E-state index contributed by atoms with van der Waals surface area (Å²) in [4.78, 5) is 36.7. The summed E-state index contributed by atoms with van der Waals surface area (Å²) >= 11 is 0. The first-order valence-corrected chi connectivity index (χ1v) is 7.88. The van der Waals surface area contributed by atoms with E-state index in [9.17, 15) is 18.8 Å². The summed E-state index contributed by atoms with van der Waals surface area (Å²) in [7, 11) is 0. The fraction of sp³-hybridized carbons (Fsp3) is 0.0500. The van der Waals surface area contributed by atoms with Gasteiger partial charge in [0.1, 0.15) is 0 Å². The second-order valence-corrected chi connectivity index (χ2v) is 5.65. The van der Waals surface area contributed by atoms with Crippen molar-refractivity contribution in [2.75, 3.05) is 0 Å². The Kier molecular flexibility index (Phi) is 5.03. The molecule has 1 N–H and O–H groups in total. The van der Waals surface area contributed by atoms with E-state index in [1.54, 1.807) is 24.3 Å². The normalized spacial score (nSPS) is 11.0. The van der Waals surface area contributed by atoms with Gasteiger partial charge < -0.3 is 0 Å². The van der Waals surface area contributed by atoms with Gasteiger partial charge in [-0.05, 0) is 11.1 Å². The zero-order valence-corrected chi connectivity index (χ0v) is 13.7. The highest BCUT2D eigenvalue weighted by atomic mass is 19.1. The number of Topliss-reactive ketones (excluding diaryl/α,β-unsaturated/α-hetero) is 1. The molecule has 3 aromatic rings. The van der Waals surface area contributed by atoms with Crippen molar-refractivity contribution >= 4 is 17.9 Å². The number of benzene rings is 2. The van der Waals surface area contributed by atoms with Crippen LogP contribution in [0.4, 0.5) is 4.39 Å². The summed E-state index contributed by atoms with van der Waals surface area (Å²) in [5.41, 5.74) is 0.436. The number of carbonyl (C=O) groups excluding carboxylic acids is 1. The van der Waals surface area contributed by atoms with Gasteiger partial charge in [-0.25, -0.2) is 4.79 Å². The number of hydrogen-bond acceptors (Lipinski definition) is 3. The number of halogens is 1. The molecule has 0 aliphatic rings. The number of aromatic nitrogens is 2. The molecule has 1 heterocycles. The Labute approximate surface area is 148 Å². The number of aromatic amines is 1. The summed E-state index contributed by atoms with van der Waals surface area (Å²) in [5, 5.41) is 0. The highest BCUT2D eigenvalue weighted by molar-refractivity contribution is 5.96. The van der Waals surface area contributed by atoms with Crippen molar-refractivity contribution < 1.29 is 9.18 Å². The number of nitrogens with one attached hydrogen (secondary N) is 1. The topological polar surface area (TPSA) is 71.9 Å². The van der Waals surface area contributed by atoms with Crippen LogP contribution in [0.1, 0.15) is 21.5 Å². The maximum Gasteiger partial charge on any atom is 0.328 e. The van der Waals surface area contributed by atoms with E-state index >= 15 is 0 Å². The number of nitrogens with zero attached hydrogens (tertiary/aromatic N) is 1. The fourth-order valence-corrected chi connectivity index (χ4v) is 2.38. The Balaban J connectivity index is 1.73. The summed E-state index contributed by atoms with van der Waals surface area (Å²) < 4.78 is 14.1. The molecule has 0 bridgehead atoms. The predicted molar refractivity (Wildman–Crippen MR) is 97.4 cm³/mol. The molecule has 0 saturated heterocycles. The van der Waals surface area contributed by atoms with E-state index in [0.29, 0.717) is 5.56 Å². The van der Waals surface area contributed by atoms with Crippen LogP contribution in [0.2, 0.25) is 0 Å². The Morgan fingerprint density at radius 2 is 1.58 bits per heavy atom. The summed E-state index contributed by atoms with van der Waals surface area (Å²) in [6.07, 6.45) is 4.61. The van der Waals surface area contributed by atoms with Gasteiger partial charge in [-0.1, -0.05) is 66.7 Å². The average Bonchev–Trinajstić information content (AvgIpc) is 2.65. The van der Waals surface area contributed by atoms with E-state index in [0.717, 1.165) is 21.9 Å². The largest absolute Gasteiger partial charge is 0.328 e. The Bertz CT molecular complexity index is 1060. The first-order chi connectivity index (χ1) is 12.5. The van der Waals surface area contributed by atoms with Gasteiger partial charge in [0.25, 0.3) is 5.56 Å². The van der Waals surface area contributed by atoms with Crippen LogP contribution in [0, 0.1) is 5.82 Å². The SMILES string of the molecule is O=C(Cn1cc(F)c(=O)[nH]c1=O)c1ccc(/C=C/c2ccccc2)cc1. The minimum atomic E-state index is -1.11. The maximum atomic E-state index is 13.3. The van der Waals surface area contributed by atoms with E-state index in [-0.39, 0.29) is 12.3 Å². The van der Waals surface area contributed by atoms with Crippen molar-refractivity contribution in [2.45, 2.75) is 6.54 Å². The zero-order valence-electron chi connectivity index (χ0n) is 13.7. The van der Waals surface area contributed by atoms with Gasteiger partial charge in [-0.15, -0.1) is 0 Å². The van der Waals surface area contributed by atoms with E-state index in [4.69, 9.17) is 0 Å². The lowest BCUT2D eigenvalue weighted by Crippen LogP contribution is -2.33. The molecular formula is C20H15FN2O3. The van der Waals surface area contributed by atoms with Crippen molar-refractivity contribution in [1.82, 2.24) is 9.55 Å². The van der Waals surface area contributed by atoms with Gasteiger partial charge in [0.2, 0.25) is 5.82 Å². The molecule has 0 spiro atoms. The van der Waals surface area contributed by atoms with Crippen LogP contribution < -0.4 is 11.2 Å². The number of carbonyl (C=O) groups is 1. The zero-order chi connectivity index (χ0) is 18.5. The Morgan fingerprint density at radius 3 is 2.23 bits per heavy atom. The van der Waals surface area contributed by atoms with Crippen LogP contribution in [0.25, 0.3) is 12.2 Å². The van der Waals surface area contributed by atoms with Gasteiger partial charge >= 0.3 is 5.69 Å². The quantitative estimate of drug-likeness (QED) is 0.568. The molecule has 26 heavy (non-hydrogen) atoms. The Hall–Kier alpha value is -3.54. The van der Waals surface area contributed by atoms with Gasteiger partial charge in [0.15, 0.2) is 5.78 Å². The molecule has 0 fully saturated rings. The van der Waals surface area contributed by atoms with Crippen LogP contribution in [0.15, 0.2) is 70.4 Å². The lowest BCUT2D eigenvalue weighted by Gasteiger charge is -2.05. The van der Waals surface area contributed by atoms with E-state index < -0.39 is 17.1 Å². The second-order valence-electron chi connectivity index (χ2n) is 5.65. The lowest BCUT2D eigenvalue weighted by atomic mass is 10.1. The molecule has 0 amide bonds. The highest BCUT2D eigenvalue weighted by Gasteiger charge is 2.10. The summed E-state index contributed by atoms with van der Waals surface area (Å²) in [6.45, 7) is -0.355. The molecule has 0 aliphatic carbocycles. The minimum Gasteiger partial charge on any atom is -0.292 e. The molecule has 130 valence electrons. The third-order valence-corrected chi connectivity index (χ3v) is 3.78. The summed E-state index contributed by atoms with van der Waals surface area (Å²) in [6, 6.07) is 16.6. The van der Waals surface area contributed by atoms with Crippen LogP contribution >= 0.6 is 0 Å². The number of ketones is 1. The second kappa shape index (κ2) is 7.57. The molecule has 0 aliphatic heterocycles. The maximum absolute atomic E-state index is 13.3. The van der Waals surface area contributed by atoms with Crippen molar-refractivity contribution in [3.63, 3.8) is 0 Å². The van der Waals surface area contributed by atoms with Crippen LogP contribution in [0.5, 0.6) is 0 Å². The number of rotatable bonds is 5. The highest BCUT2D eigenvalue weighted by Crippen LogP contribution is 2.10. The molecule has 3 rings (SSSR count). The summed E-state index contributed by atoms with van der Waals surface area (Å²) in [5.74, 6) is -1.48. The van der Waals surface area contributed by atoms with Gasteiger partial charge in [0, 0.05) is 5.56 Å². The predicted octanol–water partition coefficient (Wildman–Crippen LogP) is 2.73. The molecule has 0 atom stereocenters. The minimum absolute atomic E-state index is 0.355. The first kappa shape index (κ1) is 17.3. The van der Waals surface area contributed by atoms with Gasteiger partial charge in [-0.2, -0.15) is 4.39 Å². The van der Waals surface area contributed by atoms with E-state index in [1.165, 1.54) is 0 Å². The molecule has 1 aromatic heterocycles. The van der Waals surface area contributed by atoms with Crippen LogP contribution in [-0.2, 0) is 6.54 Å². The molecule has 2 aromatic carbocycles. The molecule has 6 heteroatoms. The lowest BCUT2D eigenvalue weighted by molar-refractivity contribution is 0.0970. The molecule has 0 saturated carbocycles. The van der Waals surface area contributed by atoms with Gasteiger partial charge in [-0.3, -0.25) is 19.1 Å². The Morgan fingerprint density at radius 1 is 0.962 bits per heavy atom. The monoisotopic (exact) mass is 350 g/mol. The third kappa shape index (κ3) is 4.10. The molecule has 0 unspecified atom stereocenters. The number of hydrogen-bond donors (Lipinski definition) is 1. The van der Waals surface area contributed by atoms with Gasteiger partial charge in [0.05, 0.1) is 12.7 Å². The average molecular weight is 350 g/mol. The fourth-order valence-electron chi connectivity index (χ4n) is 2.38. The van der Waals surface area contributed by atoms with Crippen molar-refractivity contribution in [3.05, 3.63) is 104 Å². The number of H-pyrrole nitrogens is 1. The van der Waals surface area contributed by atoms with Crippen molar-refractivity contribution in [1.29, 1.82) is 0 Å². The van der Waals surface area contributed by atoms with Crippen LogP contribution in [-0.4, -0.2) is 15.3 Å². The molecular weight excluding hydrogens is 335 g/mol. The first-order valence-electron chi connectivity index (χ1n) is 7.88. The van der Waals surface area contributed by atoms with Crippen molar-refractivity contribution in [3.8, 4) is 0 Å².